The van der Waals surface area contributed by atoms with Crippen LogP contribution in [0.15, 0.2) is 47.4 Å². The summed E-state index contributed by atoms with van der Waals surface area (Å²) in [7, 11) is 1.69. The van der Waals surface area contributed by atoms with Crippen molar-refractivity contribution >= 4 is 40.3 Å². The molecule has 4 heteroatoms. The number of thioether (sulfide) groups is 1. The van der Waals surface area contributed by atoms with Crippen LogP contribution in [0.25, 0.3) is 6.08 Å². The van der Waals surface area contributed by atoms with Gasteiger partial charge in [0.2, 0.25) is 0 Å². The number of carbonyl (C=O) groups is 1. The lowest BCUT2D eigenvalue weighted by molar-refractivity contribution is -0.121. The van der Waals surface area contributed by atoms with Gasteiger partial charge in [-0.15, -0.1) is 0 Å². The lowest BCUT2D eigenvalue weighted by Gasteiger charge is -2.03. The Morgan fingerprint density at radius 1 is 1.29 bits per heavy atom. The molecule has 0 saturated carbocycles. The van der Waals surface area contributed by atoms with Crippen LogP contribution in [0.4, 0.5) is 0 Å². The summed E-state index contributed by atoms with van der Waals surface area (Å²) in [5.74, 6) is -0.0299. The Bertz CT molecular complexity index is 505. The molecule has 1 aromatic carbocycles. The highest BCUT2D eigenvalue weighted by Gasteiger charge is 2.27. The van der Waals surface area contributed by atoms with E-state index in [1.807, 2.05) is 42.5 Å². The molecule has 2 nitrogen and oxygen atoms in total. The molecule has 0 aliphatic carbocycles. The van der Waals surface area contributed by atoms with Gasteiger partial charge < -0.3 is 0 Å². The van der Waals surface area contributed by atoms with E-state index in [4.69, 9.17) is 12.2 Å². The first-order valence-electron chi connectivity index (χ1n) is 5.12. The lowest BCUT2D eigenvalue weighted by atomic mass is 10.2. The van der Waals surface area contributed by atoms with Gasteiger partial charge in [0.25, 0.3) is 5.91 Å². The molecular weight excluding hydrogens is 250 g/mol. The summed E-state index contributed by atoms with van der Waals surface area (Å²) in [6.45, 7) is 0. The van der Waals surface area contributed by atoms with Crippen LogP contribution in [0, 0.1) is 0 Å². The van der Waals surface area contributed by atoms with Gasteiger partial charge in [0.15, 0.2) is 0 Å². The number of nitrogens with zero attached hydrogens (tertiary/aromatic N) is 1. The quantitative estimate of drug-likeness (QED) is 0.603. The minimum atomic E-state index is -0.0299. The Hall–Kier alpha value is -1.39. The van der Waals surface area contributed by atoms with Crippen molar-refractivity contribution in [3.8, 4) is 0 Å². The zero-order chi connectivity index (χ0) is 12.3. The molecule has 0 bridgehead atoms. The average Bonchev–Trinajstić information content (AvgIpc) is 2.59. The number of benzene rings is 1. The van der Waals surface area contributed by atoms with Crippen molar-refractivity contribution in [3.05, 3.63) is 53.0 Å². The van der Waals surface area contributed by atoms with E-state index in [2.05, 4.69) is 0 Å². The summed E-state index contributed by atoms with van der Waals surface area (Å²) in [6, 6.07) is 9.95. The Morgan fingerprint density at radius 2 is 2.00 bits per heavy atom. The van der Waals surface area contributed by atoms with Crippen LogP contribution >= 0.6 is 24.0 Å². The van der Waals surface area contributed by atoms with E-state index in [9.17, 15) is 4.79 Å². The fourth-order valence-electron chi connectivity index (χ4n) is 1.37. The maximum atomic E-state index is 11.7. The molecule has 1 aromatic rings. The van der Waals surface area contributed by atoms with Crippen LogP contribution in [0.2, 0.25) is 0 Å². The standard InChI is InChI=1S/C13H11NOS2/c1-14-12(15)11(17-13(14)16)9-5-8-10-6-3-2-4-7-10/h2-9H,1H3/b8-5+,11-9+. The van der Waals surface area contributed by atoms with E-state index in [-0.39, 0.29) is 5.91 Å². The molecule has 1 saturated heterocycles. The highest BCUT2D eigenvalue weighted by Crippen LogP contribution is 2.29. The summed E-state index contributed by atoms with van der Waals surface area (Å²) in [6.07, 6.45) is 5.63. The topological polar surface area (TPSA) is 20.3 Å². The van der Waals surface area contributed by atoms with E-state index < -0.39 is 0 Å². The minimum Gasteiger partial charge on any atom is -0.296 e. The van der Waals surface area contributed by atoms with Crippen LogP contribution in [-0.2, 0) is 4.79 Å². The number of thiocarbonyl (C=S) groups is 1. The molecule has 0 atom stereocenters. The summed E-state index contributed by atoms with van der Waals surface area (Å²) in [5.41, 5.74) is 1.11. The fraction of sp³-hybridized carbons (Fsp3) is 0.0769. The first kappa shape index (κ1) is 12.1. The van der Waals surface area contributed by atoms with Crippen molar-refractivity contribution in [2.24, 2.45) is 0 Å². The normalized spacial score (nSPS) is 18.6. The predicted molar refractivity (Wildman–Crippen MR) is 76.5 cm³/mol. The third kappa shape index (κ3) is 2.84. The molecule has 1 aliphatic heterocycles. The minimum absolute atomic E-state index is 0.0299. The van der Waals surface area contributed by atoms with Gasteiger partial charge in [-0.25, -0.2) is 0 Å². The van der Waals surface area contributed by atoms with Gasteiger partial charge in [-0.3, -0.25) is 9.69 Å². The third-order valence-electron chi connectivity index (χ3n) is 2.32. The maximum Gasteiger partial charge on any atom is 0.265 e. The second kappa shape index (κ2) is 5.29. The Morgan fingerprint density at radius 3 is 2.59 bits per heavy atom. The molecule has 1 amide bonds. The molecule has 0 aromatic heterocycles. The fourth-order valence-corrected chi connectivity index (χ4v) is 2.50. The predicted octanol–water partition coefficient (Wildman–Crippen LogP) is 3.07. The molecule has 17 heavy (non-hydrogen) atoms. The number of amides is 1. The second-order valence-corrected chi connectivity index (χ2v) is 5.21. The molecule has 0 spiro atoms. The number of rotatable bonds is 2. The van der Waals surface area contributed by atoms with Gasteiger partial charge >= 0.3 is 0 Å². The van der Waals surface area contributed by atoms with Crippen LogP contribution in [0.5, 0.6) is 0 Å². The highest BCUT2D eigenvalue weighted by atomic mass is 32.2. The molecule has 1 aliphatic rings. The maximum absolute atomic E-state index is 11.7. The zero-order valence-electron chi connectivity index (χ0n) is 9.29. The van der Waals surface area contributed by atoms with Crippen LogP contribution in [0.1, 0.15) is 5.56 Å². The Kier molecular flexibility index (Phi) is 3.76. The number of hydrogen-bond acceptors (Lipinski definition) is 3. The molecule has 0 unspecified atom stereocenters. The molecule has 0 N–H and O–H groups in total. The van der Waals surface area contributed by atoms with E-state index in [1.54, 1.807) is 13.1 Å². The Labute approximate surface area is 110 Å². The third-order valence-corrected chi connectivity index (χ3v) is 3.83. The smallest absolute Gasteiger partial charge is 0.265 e. The molecular formula is C13H11NOS2. The molecule has 1 heterocycles. The average molecular weight is 261 g/mol. The van der Waals surface area contributed by atoms with Crippen molar-refractivity contribution in [3.63, 3.8) is 0 Å². The van der Waals surface area contributed by atoms with Crippen LogP contribution in [-0.4, -0.2) is 22.2 Å². The van der Waals surface area contributed by atoms with Gasteiger partial charge in [0, 0.05) is 7.05 Å². The van der Waals surface area contributed by atoms with Crippen molar-refractivity contribution in [2.75, 3.05) is 7.05 Å². The highest BCUT2D eigenvalue weighted by molar-refractivity contribution is 8.26. The van der Waals surface area contributed by atoms with Crippen molar-refractivity contribution < 1.29 is 4.79 Å². The van der Waals surface area contributed by atoms with E-state index in [0.717, 1.165) is 5.56 Å². The summed E-state index contributed by atoms with van der Waals surface area (Å²) >= 11 is 6.38. The van der Waals surface area contributed by atoms with Gasteiger partial charge in [0.1, 0.15) is 4.32 Å². The summed E-state index contributed by atoms with van der Waals surface area (Å²) < 4.78 is 0.606. The number of carbonyl (C=O) groups excluding carboxylic acids is 1. The first-order chi connectivity index (χ1) is 8.18. The number of likely N-dealkylation sites (N-methyl/N-ethyl adjacent to an activating group) is 1. The van der Waals surface area contributed by atoms with E-state index >= 15 is 0 Å². The Balaban J connectivity index is 2.10. The SMILES string of the molecule is CN1C(=O)/C(=C\C=C\c2ccccc2)SC1=S. The van der Waals surface area contributed by atoms with Gasteiger partial charge in [-0.05, 0) is 11.6 Å². The van der Waals surface area contributed by atoms with Crippen molar-refractivity contribution in [1.82, 2.24) is 4.90 Å². The van der Waals surface area contributed by atoms with Gasteiger partial charge in [-0.2, -0.15) is 0 Å². The lowest BCUT2D eigenvalue weighted by Crippen LogP contribution is -2.22. The second-order valence-electron chi connectivity index (χ2n) is 3.53. The van der Waals surface area contributed by atoms with Crippen molar-refractivity contribution in [2.45, 2.75) is 0 Å². The van der Waals surface area contributed by atoms with E-state index in [1.165, 1.54) is 16.7 Å². The summed E-state index contributed by atoms with van der Waals surface area (Å²) in [4.78, 5) is 13.8. The van der Waals surface area contributed by atoms with E-state index in [0.29, 0.717) is 9.23 Å². The largest absolute Gasteiger partial charge is 0.296 e. The molecule has 1 fully saturated rings. The summed E-state index contributed by atoms with van der Waals surface area (Å²) in [5, 5.41) is 0. The zero-order valence-corrected chi connectivity index (χ0v) is 10.9. The van der Waals surface area contributed by atoms with Crippen LogP contribution in [0.3, 0.4) is 0 Å². The van der Waals surface area contributed by atoms with Crippen molar-refractivity contribution in [1.29, 1.82) is 0 Å². The van der Waals surface area contributed by atoms with Gasteiger partial charge in [-0.1, -0.05) is 66.5 Å². The number of hydrogen-bond donors (Lipinski definition) is 0. The molecule has 86 valence electrons. The first-order valence-corrected chi connectivity index (χ1v) is 6.34. The monoisotopic (exact) mass is 261 g/mol. The molecule has 2 rings (SSSR count). The van der Waals surface area contributed by atoms with Gasteiger partial charge in [0.05, 0.1) is 4.91 Å². The van der Waals surface area contributed by atoms with Crippen LogP contribution < -0.4 is 0 Å². The number of allylic oxidation sites excluding steroid dienone is 2. The molecule has 0 radical (unpaired) electrons.